The number of hydrogen-bond donors (Lipinski definition) is 0. The van der Waals surface area contributed by atoms with Crippen LogP contribution in [0.5, 0.6) is 5.75 Å². The molecule has 0 spiro atoms. The van der Waals surface area contributed by atoms with E-state index < -0.39 is 6.10 Å². The first-order chi connectivity index (χ1) is 9.49. The number of benzene rings is 2. The minimum atomic E-state index is -0.572. The molecule has 2 aromatic rings. The molecule has 0 fully saturated rings. The van der Waals surface area contributed by atoms with Crippen LogP contribution in [0.2, 0.25) is 5.02 Å². The quantitative estimate of drug-likeness (QED) is 0.768. The maximum atomic E-state index is 12.4. The van der Waals surface area contributed by atoms with Crippen molar-refractivity contribution in [3.05, 3.63) is 64.2 Å². The highest BCUT2D eigenvalue weighted by Gasteiger charge is 2.18. The molecule has 2 nitrogen and oxygen atoms in total. The number of Topliss-reactive ketones (excluding diaryl/α,β-unsaturated/α-hetero) is 1. The molecule has 20 heavy (non-hydrogen) atoms. The third-order valence-electron chi connectivity index (χ3n) is 3.30. The predicted octanol–water partition coefficient (Wildman–Crippen LogP) is 4.61. The summed E-state index contributed by atoms with van der Waals surface area (Å²) in [5.74, 6) is 0.479. The van der Waals surface area contributed by atoms with Crippen LogP contribution in [0, 0.1) is 13.8 Å². The van der Waals surface area contributed by atoms with E-state index in [1.807, 2.05) is 44.2 Å². The molecule has 3 heteroatoms. The first-order valence-corrected chi connectivity index (χ1v) is 6.89. The zero-order valence-electron chi connectivity index (χ0n) is 11.8. The standard InChI is InChI=1S/C17H17ClO2/c1-11-8-9-14(10-12(11)2)17(19)13(3)20-16-7-5-4-6-15(16)18/h4-10,13H,1-3H3. The number of ether oxygens (including phenoxy) is 1. The summed E-state index contributed by atoms with van der Waals surface area (Å²) in [7, 11) is 0. The molecule has 0 aliphatic heterocycles. The lowest BCUT2D eigenvalue weighted by molar-refractivity contribution is 0.0818. The Kier molecular flexibility index (Phi) is 4.46. The van der Waals surface area contributed by atoms with Crippen molar-refractivity contribution in [2.24, 2.45) is 0 Å². The van der Waals surface area contributed by atoms with Crippen LogP contribution in [-0.4, -0.2) is 11.9 Å². The predicted molar refractivity (Wildman–Crippen MR) is 81.8 cm³/mol. The first kappa shape index (κ1) is 14.6. The van der Waals surface area contributed by atoms with Gasteiger partial charge in [0.1, 0.15) is 5.75 Å². The van der Waals surface area contributed by atoms with Crippen molar-refractivity contribution in [1.82, 2.24) is 0 Å². The van der Waals surface area contributed by atoms with Crippen LogP contribution in [0.4, 0.5) is 0 Å². The summed E-state index contributed by atoms with van der Waals surface area (Å²) in [6, 6.07) is 12.8. The van der Waals surface area contributed by atoms with Crippen LogP contribution in [-0.2, 0) is 0 Å². The van der Waals surface area contributed by atoms with E-state index in [4.69, 9.17) is 16.3 Å². The highest BCUT2D eigenvalue weighted by molar-refractivity contribution is 6.32. The average Bonchev–Trinajstić information content (AvgIpc) is 2.43. The molecular weight excluding hydrogens is 272 g/mol. The molecule has 0 amide bonds. The van der Waals surface area contributed by atoms with Gasteiger partial charge in [-0.05, 0) is 50.1 Å². The van der Waals surface area contributed by atoms with Crippen molar-refractivity contribution >= 4 is 17.4 Å². The lowest BCUT2D eigenvalue weighted by Crippen LogP contribution is -2.24. The lowest BCUT2D eigenvalue weighted by atomic mass is 10.0. The van der Waals surface area contributed by atoms with Crippen molar-refractivity contribution in [3.8, 4) is 5.75 Å². The molecule has 1 atom stereocenters. The normalized spacial score (nSPS) is 12.0. The van der Waals surface area contributed by atoms with Crippen LogP contribution in [0.25, 0.3) is 0 Å². The Morgan fingerprint density at radius 1 is 1.10 bits per heavy atom. The molecule has 0 radical (unpaired) electrons. The Hall–Kier alpha value is -1.80. The fraction of sp³-hybridized carbons (Fsp3) is 0.235. The summed E-state index contributed by atoms with van der Waals surface area (Å²) in [6.07, 6.45) is -0.572. The van der Waals surface area contributed by atoms with Gasteiger partial charge in [0, 0.05) is 5.56 Å². The Morgan fingerprint density at radius 3 is 2.45 bits per heavy atom. The maximum Gasteiger partial charge on any atom is 0.203 e. The van der Waals surface area contributed by atoms with Gasteiger partial charge in [-0.25, -0.2) is 0 Å². The molecule has 0 aromatic heterocycles. The Labute approximate surface area is 124 Å². The monoisotopic (exact) mass is 288 g/mol. The summed E-state index contributed by atoms with van der Waals surface area (Å²) in [4.78, 5) is 12.4. The summed E-state index contributed by atoms with van der Waals surface area (Å²) in [6.45, 7) is 5.75. The van der Waals surface area contributed by atoms with Gasteiger partial charge in [0.25, 0.3) is 0 Å². The SMILES string of the molecule is Cc1ccc(C(=O)C(C)Oc2ccccc2Cl)cc1C. The van der Waals surface area contributed by atoms with Crippen molar-refractivity contribution in [2.45, 2.75) is 26.9 Å². The summed E-state index contributed by atoms with van der Waals surface area (Å²) in [5, 5.41) is 0.507. The van der Waals surface area contributed by atoms with E-state index in [9.17, 15) is 4.79 Å². The van der Waals surface area contributed by atoms with E-state index in [2.05, 4.69) is 0 Å². The molecule has 0 heterocycles. The molecule has 0 aliphatic rings. The van der Waals surface area contributed by atoms with Crippen molar-refractivity contribution in [2.75, 3.05) is 0 Å². The second kappa shape index (κ2) is 6.10. The average molecular weight is 289 g/mol. The zero-order valence-corrected chi connectivity index (χ0v) is 12.6. The second-order valence-corrected chi connectivity index (χ2v) is 5.26. The molecule has 104 valence electrons. The van der Waals surface area contributed by atoms with Crippen LogP contribution in [0.1, 0.15) is 28.4 Å². The highest BCUT2D eigenvalue weighted by atomic mass is 35.5. The Balaban J connectivity index is 2.16. The number of halogens is 1. The Bertz CT molecular complexity index is 635. The maximum absolute atomic E-state index is 12.4. The topological polar surface area (TPSA) is 26.3 Å². The van der Waals surface area contributed by atoms with Gasteiger partial charge in [0.05, 0.1) is 5.02 Å². The summed E-state index contributed by atoms with van der Waals surface area (Å²) < 4.78 is 5.65. The summed E-state index contributed by atoms with van der Waals surface area (Å²) in [5.41, 5.74) is 2.93. The number of carbonyl (C=O) groups excluding carboxylic acids is 1. The third-order valence-corrected chi connectivity index (χ3v) is 3.61. The van der Waals surface area contributed by atoms with Crippen molar-refractivity contribution in [3.63, 3.8) is 0 Å². The summed E-state index contributed by atoms with van der Waals surface area (Å²) >= 11 is 6.03. The lowest BCUT2D eigenvalue weighted by Gasteiger charge is -2.15. The van der Waals surface area contributed by atoms with E-state index in [0.29, 0.717) is 16.3 Å². The van der Waals surface area contributed by atoms with Crippen LogP contribution >= 0.6 is 11.6 Å². The minimum absolute atomic E-state index is 0.0481. The van der Waals surface area contributed by atoms with Gasteiger partial charge >= 0.3 is 0 Å². The van der Waals surface area contributed by atoms with E-state index in [0.717, 1.165) is 5.56 Å². The van der Waals surface area contributed by atoms with Gasteiger partial charge in [0.2, 0.25) is 5.78 Å². The van der Waals surface area contributed by atoms with Gasteiger partial charge < -0.3 is 4.74 Å². The number of carbonyl (C=O) groups is 1. The molecule has 0 aliphatic carbocycles. The first-order valence-electron chi connectivity index (χ1n) is 6.51. The number of rotatable bonds is 4. The molecule has 2 rings (SSSR count). The van der Waals surface area contributed by atoms with Crippen LogP contribution < -0.4 is 4.74 Å². The largest absolute Gasteiger partial charge is 0.481 e. The fourth-order valence-electron chi connectivity index (χ4n) is 1.91. The molecule has 0 bridgehead atoms. The van der Waals surface area contributed by atoms with Gasteiger partial charge in [-0.2, -0.15) is 0 Å². The van der Waals surface area contributed by atoms with Crippen molar-refractivity contribution in [1.29, 1.82) is 0 Å². The zero-order chi connectivity index (χ0) is 14.7. The highest BCUT2D eigenvalue weighted by Crippen LogP contribution is 2.25. The fourth-order valence-corrected chi connectivity index (χ4v) is 2.09. The van der Waals surface area contributed by atoms with E-state index >= 15 is 0 Å². The number of para-hydroxylation sites is 1. The molecule has 0 saturated heterocycles. The molecular formula is C17H17ClO2. The van der Waals surface area contributed by atoms with Crippen LogP contribution in [0.15, 0.2) is 42.5 Å². The number of hydrogen-bond acceptors (Lipinski definition) is 2. The molecule has 0 N–H and O–H groups in total. The number of ketones is 1. The minimum Gasteiger partial charge on any atom is -0.481 e. The van der Waals surface area contributed by atoms with Crippen LogP contribution in [0.3, 0.4) is 0 Å². The number of aryl methyl sites for hydroxylation is 2. The van der Waals surface area contributed by atoms with Crippen molar-refractivity contribution < 1.29 is 9.53 Å². The van der Waals surface area contributed by atoms with Gasteiger partial charge in [-0.3, -0.25) is 4.79 Å². The Morgan fingerprint density at radius 2 is 1.80 bits per heavy atom. The van der Waals surface area contributed by atoms with Gasteiger partial charge in [-0.1, -0.05) is 35.9 Å². The molecule has 1 unspecified atom stereocenters. The molecule has 0 saturated carbocycles. The van der Waals surface area contributed by atoms with Gasteiger partial charge in [-0.15, -0.1) is 0 Å². The third kappa shape index (κ3) is 3.20. The van der Waals surface area contributed by atoms with E-state index in [1.165, 1.54) is 5.56 Å². The van der Waals surface area contributed by atoms with E-state index in [1.54, 1.807) is 19.1 Å². The smallest absolute Gasteiger partial charge is 0.203 e. The van der Waals surface area contributed by atoms with E-state index in [-0.39, 0.29) is 5.78 Å². The van der Waals surface area contributed by atoms with Gasteiger partial charge in [0.15, 0.2) is 6.10 Å². The molecule has 2 aromatic carbocycles. The second-order valence-electron chi connectivity index (χ2n) is 4.85.